The van der Waals surface area contributed by atoms with Crippen LogP contribution in [0.15, 0.2) is 16.8 Å². The van der Waals surface area contributed by atoms with Crippen LogP contribution in [0.3, 0.4) is 0 Å². The predicted molar refractivity (Wildman–Crippen MR) is 29.0 cm³/mol. The Morgan fingerprint density at radius 1 is 1.89 bits per heavy atom. The van der Waals surface area contributed by atoms with Gasteiger partial charge in [-0.25, -0.2) is 0 Å². The SMILES string of the molecule is N#CNCc1ccno1. The van der Waals surface area contributed by atoms with Gasteiger partial charge in [0.2, 0.25) is 0 Å². The lowest BCUT2D eigenvalue weighted by atomic mass is 10.5. The van der Waals surface area contributed by atoms with E-state index in [9.17, 15) is 0 Å². The fraction of sp³-hybridized carbons (Fsp3) is 0.200. The summed E-state index contributed by atoms with van der Waals surface area (Å²) in [6, 6.07) is 1.70. The second kappa shape index (κ2) is 2.72. The quantitative estimate of drug-likeness (QED) is 0.452. The van der Waals surface area contributed by atoms with Gasteiger partial charge in [-0.1, -0.05) is 5.16 Å². The fourth-order valence-electron chi connectivity index (χ4n) is 0.460. The first-order valence-corrected chi connectivity index (χ1v) is 2.45. The van der Waals surface area contributed by atoms with Gasteiger partial charge in [-0.2, -0.15) is 5.26 Å². The van der Waals surface area contributed by atoms with Gasteiger partial charge in [0.25, 0.3) is 0 Å². The molecule has 0 radical (unpaired) electrons. The second-order valence-corrected chi connectivity index (χ2v) is 1.44. The summed E-state index contributed by atoms with van der Waals surface area (Å²) in [4.78, 5) is 0. The molecule has 1 aromatic heterocycles. The highest BCUT2D eigenvalue weighted by molar-refractivity contribution is 4.93. The first-order chi connectivity index (χ1) is 4.43. The highest BCUT2D eigenvalue weighted by Crippen LogP contribution is 1.93. The largest absolute Gasteiger partial charge is 0.359 e. The van der Waals surface area contributed by atoms with Crippen molar-refractivity contribution < 1.29 is 4.52 Å². The van der Waals surface area contributed by atoms with Gasteiger partial charge in [0.15, 0.2) is 12.0 Å². The Morgan fingerprint density at radius 2 is 2.78 bits per heavy atom. The number of rotatable bonds is 2. The van der Waals surface area contributed by atoms with E-state index >= 15 is 0 Å². The zero-order valence-electron chi connectivity index (χ0n) is 4.66. The topological polar surface area (TPSA) is 61.9 Å². The molecule has 0 aliphatic carbocycles. The molecule has 0 spiro atoms. The second-order valence-electron chi connectivity index (χ2n) is 1.44. The number of nitrogens with zero attached hydrogens (tertiary/aromatic N) is 2. The van der Waals surface area contributed by atoms with Crippen LogP contribution in [0.5, 0.6) is 0 Å². The van der Waals surface area contributed by atoms with Crippen molar-refractivity contribution in [2.45, 2.75) is 6.54 Å². The van der Waals surface area contributed by atoms with Gasteiger partial charge in [0.05, 0.1) is 12.7 Å². The molecule has 0 saturated heterocycles. The van der Waals surface area contributed by atoms with Gasteiger partial charge < -0.3 is 9.84 Å². The Hall–Kier alpha value is -1.50. The van der Waals surface area contributed by atoms with Crippen LogP contribution in [0.25, 0.3) is 0 Å². The minimum Gasteiger partial charge on any atom is -0.359 e. The van der Waals surface area contributed by atoms with Crippen LogP contribution < -0.4 is 5.32 Å². The van der Waals surface area contributed by atoms with Gasteiger partial charge in [0.1, 0.15) is 0 Å². The highest BCUT2D eigenvalue weighted by Gasteiger charge is 1.91. The van der Waals surface area contributed by atoms with E-state index in [-0.39, 0.29) is 0 Å². The van der Waals surface area contributed by atoms with Crippen LogP contribution in [0.1, 0.15) is 5.76 Å². The summed E-state index contributed by atoms with van der Waals surface area (Å²) in [7, 11) is 0. The maximum atomic E-state index is 8.04. The van der Waals surface area contributed by atoms with Gasteiger partial charge in [-0.05, 0) is 0 Å². The molecular formula is C5H5N3O. The molecule has 0 atom stereocenters. The van der Waals surface area contributed by atoms with Crippen molar-refractivity contribution in [3.8, 4) is 6.19 Å². The first kappa shape index (κ1) is 5.63. The lowest BCUT2D eigenvalue weighted by molar-refractivity contribution is 0.379. The Bertz CT molecular complexity index is 198. The summed E-state index contributed by atoms with van der Waals surface area (Å²) in [5.74, 6) is 0.663. The molecule has 0 aromatic carbocycles. The molecule has 4 heteroatoms. The van der Waals surface area contributed by atoms with E-state index < -0.39 is 0 Å². The van der Waals surface area contributed by atoms with Crippen molar-refractivity contribution in [1.29, 1.82) is 5.26 Å². The van der Waals surface area contributed by atoms with E-state index in [1.54, 1.807) is 12.3 Å². The van der Waals surface area contributed by atoms with E-state index in [2.05, 4.69) is 15.0 Å². The minimum absolute atomic E-state index is 0.413. The predicted octanol–water partition coefficient (Wildman–Crippen LogP) is 0.245. The lowest BCUT2D eigenvalue weighted by Gasteiger charge is -1.86. The summed E-state index contributed by atoms with van der Waals surface area (Å²) in [6.07, 6.45) is 3.30. The maximum absolute atomic E-state index is 8.04. The maximum Gasteiger partial charge on any atom is 0.176 e. The summed E-state index contributed by atoms with van der Waals surface area (Å²) >= 11 is 0. The molecule has 0 amide bonds. The zero-order chi connectivity index (χ0) is 6.53. The fourth-order valence-corrected chi connectivity index (χ4v) is 0.460. The highest BCUT2D eigenvalue weighted by atomic mass is 16.5. The van der Waals surface area contributed by atoms with Crippen molar-refractivity contribution in [2.24, 2.45) is 0 Å². The van der Waals surface area contributed by atoms with Crippen molar-refractivity contribution >= 4 is 0 Å². The normalized spacial score (nSPS) is 8.33. The molecule has 1 N–H and O–H groups in total. The van der Waals surface area contributed by atoms with Crippen LogP contribution in [-0.4, -0.2) is 5.16 Å². The van der Waals surface area contributed by atoms with Crippen LogP contribution in [-0.2, 0) is 6.54 Å². The summed E-state index contributed by atoms with van der Waals surface area (Å²) < 4.78 is 4.67. The van der Waals surface area contributed by atoms with Crippen molar-refractivity contribution in [3.05, 3.63) is 18.0 Å². The molecule has 4 nitrogen and oxygen atoms in total. The molecule has 1 rings (SSSR count). The summed E-state index contributed by atoms with van der Waals surface area (Å²) in [6.45, 7) is 0.413. The molecule has 0 fully saturated rings. The van der Waals surface area contributed by atoms with Crippen molar-refractivity contribution in [2.75, 3.05) is 0 Å². The lowest BCUT2D eigenvalue weighted by Crippen LogP contribution is -2.02. The molecule has 1 heterocycles. The van der Waals surface area contributed by atoms with E-state index in [4.69, 9.17) is 5.26 Å². The number of hydrogen-bond acceptors (Lipinski definition) is 4. The third kappa shape index (κ3) is 1.46. The van der Waals surface area contributed by atoms with E-state index in [1.807, 2.05) is 0 Å². The smallest absolute Gasteiger partial charge is 0.176 e. The van der Waals surface area contributed by atoms with Crippen molar-refractivity contribution in [3.63, 3.8) is 0 Å². The summed E-state index contributed by atoms with van der Waals surface area (Å²) in [5, 5.41) is 13.9. The Balaban J connectivity index is 2.41. The summed E-state index contributed by atoms with van der Waals surface area (Å²) in [5.41, 5.74) is 0. The molecular weight excluding hydrogens is 118 g/mol. The molecule has 0 aliphatic heterocycles. The Labute approximate surface area is 52.1 Å². The van der Waals surface area contributed by atoms with Gasteiger partial charge in [0, 0.05) is 6.07 Å². The Kier molecular flexibility index (Phi) is 1.70. The van der Waals surface area contributed by atoms with Crippen LogP contribution in [0, 0.1) is 11.5 Å². The third-order valence-corrected chi connectivity index (χ3v) is 0.833. The van der Waals surface area contributed by atoms with E-state index in [1.165, 1.54) is 6.20 Å². The van der Waals surface area contributed by atoms with Crippen LogP contribution in [0.2, 0.25) is 0 Å². The number of hydrogen-bond donors (Lipinski definition) is 1. The molecule has 0 unspecified atom stereocenters. The molecule has 1 aromatic rings. The standard InChI is InChI=1S/C5H5N3O/c6-4-7-3-5-1-2-8-9-5/h1-2,7H,3H2. The van der Waals surface area contributed by atoms with Crippen LogP contribution in [0.4, 0.5) is 0 Å². The van der Waals surface area contributed by atoms with Crippen molar-refractivity contribution in [1.82, 2.24) is 10.5 Å². The zero-order valence-corrected chi connectivity index (χ0v) is 4.66. The number of aromatic nitrogens is 1. The molecule has 0 bridgehead atoms. The van der Waals surface area contributed by atoms with E-state index in [0.29, 0.717) is 12.3 Å². The molecule has 9 heavy (non-hydrogen) atoms. The average Bonchev–Trinajstić information content (AvgIpc) is 2.34. The third-order valence-electron chi connectivity index (χ3n) is 0.833. The average molecular weight is 123 g/mol. The molecule has 0 aliphatic rings. The first-order valence-electron chi connectivity index (χ1n) is 2.45. The number of nitrogens with one attached hydrogen (secondary N) is 1. The molecule has 0 saturated carbocycles. The van der Waals surface area contributed by atoms with Crippen LogP contribution >= 0.6 is 0 Å². The van der Waals surface area contributed by atoms with E-state index in [0.717, 1.165) is 0 Å². The number of nitriles is 1. The molecule has 46 valence electrons. The van der Waals surface area contributed by atoms with Gasteiger partial charge >= 0.3 is 0 Å². The Morgan fingerprint density at radius 3 is 3.33 bits per heavy atom. The van der Waals surface area contributed by atoms with Gasteiger partial charge in [-0.3, -0.25) is 0 Å². The minimum atomic E-state index is 0.413. The van der Waals surface area contributed by atoms with Gasteiger partial charge in [-0.15, -0.1) is 0 Å². The monoisotopic (exact) mass is 123 g/mol.